The molecule has 0 heterocycles. The molecule has 0 saturated heterocycles. The van der Waals surface area contributed by atoms with Gasteiger partial charge >= 0.3 is 10.3 Å². The summed E-state index contributed by atoms with van der Waals surface area (Å²) in [5.74, 6) is 2.09. The van der Waals surface area contributed by atoms with Crippen molar-refractivity contribution in [2.75, 3.05) is 0 Å². The number of halogens is 1. The van der Waals surface area contributed by atoms with Gasteiger partial charge in [-0.3, -0.25) is 4.79 Å². The Morgan fingerprint density at radius 2 is 2.12 bits per heavy atom. The lowest BCUT2D eigenvalue weighted by molar-refractivity contribution is -0.130. The van der Waals surface area contributed by atoms with Crippen LogP contribution in [0.4, 0.5) is 0 Å². The van der Waals surface area contributed by atoms with Crippen LogP contribution in [0.15, 0.2) is 18.2 Å². The van der Waals surface area contributed by atoms with Crippen molar-refractivity contribution in [3.63, 3.8) is 0 Å². The normalized spacial score (nSPS) is 36.2. The van der Waals surface area contributed by atoms with Gasteiger partial charge in [-0.25, -0.2) is 0 Å². The number of hydrogen-bond acceptors (Lipinski definition) is 4. The molecule has 2 saturated carbocycles. The molecule has 1 aromatic carbocycles. The molecule has 142 valence electrons. The lowest BCUT2D eigenvalue weighted by Crippen LogP contribution is -2.44. The van der Waals surface area contributed by atoms with Gasteiger partial charge in [-0.2, -0.15) is 13.6 Å². The minimum Gasteiger partial charge on any atom is -0.371 e. The van der Waals surface area contributed by atoms with Crippen LogP contribution in [0.2, 0.25) is 0 Å². The lowest BCUT2D eigenvalue weighted by Gasteiger charge is -2.49. The predicted octanol–water partition coefficient (Wildman–Crippen LogP) is 3.46. The predicted molar refractivity (Wildman–Crippen MR) is 103 cm³/mol. The van der Waals surface area contributed by atoms with Crippen LogP contribution in [0.3, 0.4) is 0 Å². The Kier molecular flexibility index (Phi) is 4.48. The molecule has 0 aromatic heterocycles. The van der Waals surface area contributed by atoms with Gasteiger partial charge in [0.1, 0.15) is 5.75 Å². The molecule has 3 aliphatic carbocycles. The van der Waals surface area contributed by atoms with Crippen molar-refractivity contribution < 1.29 is 17.4 Å². The van der Waals surface area contributed by atoms with Crippen LogP contribution < -0.4 is 9.32 Å². The molecule has 3 aliphatic rings. The molecule has 0 amide bonds. The standard InChI is InChI=1S/C19H24BrNO4S/c1-2-19-8-7-14-13-6-4-12(25-26(21,23)24)9-11(13)3-5-15(14)16(19)10-17(20)18(19)22/h4,6,9,14-17H,2-3,5,7-8,10H2,1H3,(H2,21,23,24)/t14-,15-,16+,17-,19+/m1/s1. The summed E-state index contributed by atoms with van der Waals surface area (Å²) in [6.07, 6.45) is 5.76. The monoisotopic (exact) mass is 441 g/mol. The zero-order valence-corrected chi connectivity index (χ0v) is 17.2. The van der Waals surface area contributed by atoms with E-state index < -0.39 is 10.3 Å². The molecule has 0 unspecified atom stereocenters. The first-order chi connectivity index (χ1) is 12.2. The maximum absolute atomic E-state index is 12.9. The first kappa shape index (κ1) is 18.4. The molecule has 1 aromatic rings. The van der Waals surface area contributed by atoms with E-state index in [1.807, 2.05) is 12.1 Å². The molecular weight excluding hydrogens is 418 g/mol. The molecule has 0 aliphatic heterocycles. The molecule has 5 nitrogen and oxygen atoms in total. The molecule has 0 bridgehead atoms. The number of carbonyl (C=O) groups is 1. The molecule has 26 heavy (non-hydrogen) atoms. The van der Waals surface area contributed by atoms with E-state index in [2.05, 4.69) is 22.9 Å². The smallest absolute Gasteiger partial charge is 0.371 e. The molecule has 7 heteroatoms. The van der Waals surface area contributed by atoms with Gasteiger partial charge in [0.2, 0.25) is 0 Å². The highest BCUT2D eigenvalue weighted by atomic mass is 79.9. The Bertz CT molecular complexity index is 855. The summed E-state index contributed by atoms with van der Waals surface area (Å²) >= 11 is 3.62. The number of alkyl halides is 1. The van der Waals surface area contributed by atoms with E-state index in [4.69, 9.17) is 9.32 Å². The Hall–Kier alpha value is -0.920. The van der Waals surface area contributed by atoms with Gasteiger partial charge in [-0.1, -0.05) is 28.9 Å². The Morgan fingerprint density at radius 1 is 1.35 bits per heavy atom. The third-order valence-corrected chi connectivity index (χ3v) is 8.20. The Balaban J connectivity index is 1.66. The second kappa shape index (κ2) is 6.31. The van der Waals surface area contributed by atoms with Gasteiger partial charge < -0.3 is 4.18 Å². The minimum atomic E-state index is -4.01. The third-order valence-electron chi connectivity index (χ3n) is 6.99. The molecule has 2 N–H and O–H groups in total. The number of aryl methyl sites for hydroxylation is 1. The summed E-state index contributed by atoms with van der Waals surface area (Å²) in [5.41, 5.74) is 2.29. The average Bonchev–Trinajstić information content (AvgIpc) is 2.84. The largest absolute Gasteiger partial charge is 0.380 e. The number of ketones is 1. The molecule has 5 atom stereocenters. The molecular formula is C19H24BrNO4S. The third kappa shape index (κ3) is 2.83. The average molecular weight is 442 g/mol. The number of Topliss-reactive ketones (excluding diaryl/α,β-unsaturated/α-hetero) is 1. The highest BCUT2D eigenvalue weighted by Gasteiger charge is 2.59. The fourth-order valence-electron chi connectivity index (χ4n) is 5.92. The van der Waals surface area contributed by atoms with Crippen LogP contribution in [0.5, 0.6) is 5.75 Å². The lowest BCUT2D eigenvalue weighted by atomic mass is 9.54. The first-order valence-corrected chi connectivity index (χ1v) is 11.7. The second-order valence-electron chi connectivity index (χ2n) is 7.97. The van der Waals surface area contributed by atoms with Crippen molar-refractivity contribution in [1.29, 1.82) is 0 Å². The van der Waals surface area contributed by atoms with Crippen molar-refractivity contribution >= 4 is 32.0 Å². The number of carbonyl (C=O) groups excluding carboxylic acids is 1. The van der Waals surface area contributed by atoms with Crippen LogP contribution >= 0.6 is 15.9 Å². The van der Waals surface area contributed by atoms with Crippen LogP contribution in [-0.4, -0.2) is 19.0 Å². The fraction of sp³-hybridized carbons (Fsp3) is 0.632. The van der Waals surface area contributed by atoms with Crippen LogP contribution in [-0.2, 0) is 21.5 Å². The van der Waals surface area contributed by atoms with E-state index in [0.717, 1.165) is 44.1 Å². The van der Waals surface area contributed by atoms with Crippen LogP contribution in [0.25, 0.3) is 0 Å². The zero-order chi connectivity index (χ0) is 18.7. The van der Waals surface area contributed by atoms with Crippen molar-refractivity contribution in [3.05, 3.63) is 29.3 Å². The van der Waals surface area contributed by atoms with E-state index in [1.54, 1.807) is 6.07 Å². The number of hydrogen-bond donors (Lipinski definition) is 1. The van der Waals surface area contributed by atoms with Gasteiger partial charge in [-0.05, 0) is 79.5 Å². The van der Waals surface area contributed by atoms with E-state index in [1.165, 1.54) is 5.56 Å². The maximum Gasteiger partial charge on any atom is 0.380 e. The number of nitrogens with two attached hydrogens (primary N) is 1. The van der Waals surface area contributed by atoms with Crippen LogP contribution in [0, 0.1) is 17.3 Å². The van der Waals surface area contributed by atoms with Gasteiger partial charge in [0.05, 0.1) is 4.83 Å². The van der Waals surface area contributed by atoms with Crippen molar-refractivity contribution in [1.82, 2.24) is 0 Å². The Labute approximate surface area is 163 Å². The van der Waals surface area contributed by atoms with E-state index in [-0.39, 0.29) is 16.0 Å². The van der Waals surface area contributed by atoms with Gasteiger partial charge in [-0.15, -0.1) is 0 Å². The zero-order valence-electron chi connectivity index (χ0n) is 14.8. The Morgan fingerprint density at radius 3 is 2.81 bits per heavy atom. The summed E-state index contributed by atoms with van der Waals surface area (Å²) in [4.78, 5) is 12.9. The number of rotatable bonds is 3. The summed E-state index contributed by atoms with van der Waals surface area (Å²) in [7, 11) is -4.01. The first-order valence-electron chi connectivity index (χ1n) is 9.28. The second-order valence-corrected chi connectivity index (χ2v) is 10.2. The fourth-order valence-corrected chi connectivity index (χ4v) is 7.15. The SMILES string of the molecule is CC[C@]12CC[C@@H]3c4ccc(OS(N)(=O)=O)cc4CC[C@H]3[C@@H]1C[C@@H](Br)C2=O. The van der Waals surface area contributed by atoms with E-state index in [0.29, 0.717) is 23.5 Å². The van der Waals surface area contributed by atoms with Gasteiger partial charge in [0, 0.05) is 5.41 Å². The van der Waals surface area contributed by atoms with E-state index >= 15 is 0 Å². The highest BCUT2D eigenvalue weighted by molar-refractivity contribution is 9.10. The quantitative estimate of drug-likeness (QED) is 0.727. The summed E-state index contributed by atoms with van der Waals surface area (Å²) in [5, 5.41) is 4.98. The van der Waals surface area contributed by atoms with Gasteiger partial charge in [0.15, 0.2) is 5.78 Å². The van der Waals surface area contributed by atoms with Crippen molar-refractivity contribution in [2.24, 2.45) is 22.4 Å². The molecule has 0 radical (unpaired) electrons. The topological polar surface area (TPSA) is 86.5 Å². The summed E-state index contributed by atoms with van der Waals surface area (Å²) < 4.78 is 27.2. The summed E-state index contributed by atoms with van der Waals surface area (Å²) in [6.45, 7) is 2.16. The molecule has 2 fully saturated rings. The minimum absolute atomic E-state index is 0.00173. The number of benzene rings is 1. The van der Waals surface area contributed by atoms with Crippen molar-refractivity contribution in [3.8, 4) is 5.75 Å². The molecule has 0 spiro atoms. The molecule has 4 rings (SSSR count). The highest BCUT2D eigenvalue weighted by Crippen LogP contribution is 2.61. The number of fused-ring (bicyclic) bond motifs is 5. The van der Waals surface area contributed by atoms with E-state index in [9.17, 15) is 13.2 Å². The van der Waals surface area contributed by atoms with Gasteiger partial charge in [0.25, 0.3) is 0 Å². The van der Waals surface area contributed by atoms with Crippen molar-refractivity contribution in [2.45, 2.75) is 56.2 Å². The maximum atomic E-state index is 12.9. The summed E-state index contributed by atoms with van der Waals surface area (Å²) in [6, 6.07) is 5.50. The van der Waals surface area contributed by atoms with Crippen LogP contribution in [0.1, 0.15) is 56.1 Å².